The minimum absolute atomic E-state index is 0.297. The highest BCUT2D eigenvalue weighted by atomic mass is 16.5. The lowest BCUT2D eigenvalue weighted by Gasteiger charge is -2.15. The molecule has 0 heterocycles. The number of methoxy groups -OCH3 is 2. The molecule has 0 amide bonds. The minimum Gasteiger partial charge on any atom is -0.496 e. The number of hydrogen-bond donors (Lipinski definition) is 2. The summed E-state index contributed by atoms with van der Waals surface area (Å²) in [6.45, 7) is 7.39. The summed E-state index contributed by atoms with van der Waals surface area (Å²) in [5, 5.41) is 6.58. The normalized spacial score (nSPS) is 12.8. The van der Waals surface area contributed by atoms with Crippen LogP contribution in [0.2, 0.25) is 0 Å². The summed E-state index contributed by atoms with van der Waals surface area (Å²) in [6, 6.07) is 8.10. The van der Waals surface area contributed by atoms with Gasteiger partial charge in [0.2, 0.25) is 0 Å². The van der Waals surface area contributed by atoms with Crippen LogP contribution in [0.1, 0.15) is 31.7 Å². The Morgan fingerprint density at radius 2 is 2.00 bits per heavy atom. The monoisotopic (exact) mass is 307 g/mol. The molecule has 0 saturated carbocycles. The Kier molecular flexibility index (Phi) is 9.07. The van der Waals surface area contributed by atoms with Gasteiger partial charge in [0.05, 0.1) is 7.11 Å². The third-order valence-corrected chi connectivity index (χ3v) is 3.36. The maximum Gasteiger partial charge on any atom is 0.191 e. The second-order valence-electron chi connectivity index (χ2n) is 5.14. The summed E-state index contributed by atoms with van der Waals surface area (Å²) in [4.78, 5) is 4.66. The maximum absolute atomic E-state index is 5.42. The predicted molar refractivity (Wildman–Crippen MR) is 91.9 cm³/mol. The molecule has 0 fully saturated rings. The van der Waals surface area contributed by atoms with Crippen LogP contribution in [0.5, 0.6) is 5.75 Å². The molecule has 0 aromatic heterocycles. The first-order valence-corrected chi connectivity index (χ1v) is 7.86. The van der Waals surface area contributed by atoms with Crippen molar-refractivity contribution in [2.24, 2.45) is 4.99 Å². The molecule has 1 atom stereocenters. The summed E-state index contributed by atoms with van der Waals surface area (Å²) >= 11 is 0. The van der Waals surface area contributed by atoms with Gasteiger partial charge in [0.25, 0.3) is 0 Å². The van der Waals surface area contributed by atoms with Gasteiger partial charge in [0.1, 0.15) is 5.75 Å². The number of nitrogens with one attached hydrogen (secondary N) is 2. The van der Waals surface area contributed by atoms with Gasteiger partial charge in [-0.3, -0.25) is 4.99 Å². The Bertz CT molecular complexity index is 449. The van der Waals surface area contributed by atoms with Crippen LogP contribution < -0.4 is 15.4 Å². The van der Waals surface area contributed by atoms with E-state index in [0.29, 0.717) is 12.5 Å². The van der Waals surface area contributed by atoms with Crippen LogP contribution >= 0.6 is 0 Å². The van der Waals surface area contributed by atoms with Crippen molar-refractivity contribution < 1.29 is 9.47 Å². The summed E-state index contributed by atoms with van der Waals surface area (Å²) in [5.41, 5.74) is 1.18. The minimum atomic E-state index is 0.297. The molecule has 2 N–H and O–H groups in total. The van der Waals surface area contributed by atoms with E-state index in [1.54, 1.807) is 14.2 Å². The highest BCUT2D eigenvalue weighted by Crippen LogP contribution is 2.26. The number of hydrogen-bond acceptors (Lipinski definition) is 3. The van der Waals surface area contributed by atoms with Crippen molar-refractivity contribution in [3.8, 4) is 5.75 Å². The smallest absolute Gasteiger partial charge is 0.191 e. The average Bonchev–Trinajstić information content (AvgIpc) is 2.56. The van der Waals surface area contributed by atoms with E-state index in [4.69, 9.17) is 9.47 Å². The van der Waals surface area contributed by atoms with Gasteiger partial charge in [-0.1, -0.05) is 25.1 Å². The van der Waals surface area contributed by atoms with Crippen molar-refractivity contribution in [2.75, 3.05) is 40.5 Å². The fourth-order valence-electron chi connectivity index (χ4n) is 2.17. The number of para-hydroxylation sites is 1. The van der Waals surface area contributed by atoms with Crippen LogP contribution in [0.4, 0.5) is 0 Å². The number of nitrogens with zero attached hydrogens (tertiary/aromatic N) is 1. The van der Waals surface area contributed by atoms with E-state index < -0.39 is 0 Å². The summed E-state index contributed by atoms with van der Waals surface area (Å²) < 4.78 is 10.5. The topological polar surface area (TPSA) is 54.9 Å². The van der Waals surface area contributed by atoms with Crippen LogP contribution in [0.3, 0.4) is 0 Å². The van der Waals surface area contributed by atoms with E-state index in [-0.39, 0.29) is 0 Å². The SMILES string of the molecule is CCNC(=NCC(C)c1ccccc1OC)NCCCOC. The first kappa shape index (κ1) is 18.3. The molecular formula is C17H29N3O2. The van der Waals surface area contributed by atoms with Gasteiger partial charge in [-0.15, -0.1) is 0 Å². The van der Waals surface area contributed by atoms with Gasteiger partial charge in [0, 0.05) is 39.3 Å². The zero-order valence-electron chi connectivity index (χ0n) is 14.2. The maximum atomic E-state index is 5.42. The Labute approximate surface area is 134 Å². The van der Waals surface area contributed by atoms with E-state index in [9.17, 15) is 0 Å². The molecule has 0 aliphatic heterocycles. The molecule has 0 bridgehead atoms. The van der Waals surface area contributed by atoms with Gasteiger partial charge in [-0.25, -0.2) is 0 Å². The highest BCUT2D eigenvalue weighted by molar-refractivity contribution is 5.79. The predicted octanol–water partition coefficient (Wildman–Crippen LogP) is 2.39. The fraction of sp³-hybridized carbons (Fsp3) is 0.588. The molecule has 0 aliphatic rings. The average molecular weight is 307 g/mol. The number of guanidine groups is 1. The van der Waals surface area contributed by atoms with Crippen LogP contribution in [0, 0.1) is 0 Å². The fourth-order valence-corrected chi connectivity index (χ4v) is 2.17. The van der Waals surface area contributed by atoms with Crippen LogP contribution in [-0.4, -0.2) is 46.4 Å². The lowest BCUT2D eigenvalue weighted by atomic mass is 10.0. The standard InChI is InChI=1S/C17H29N3O2/c1-5-18-17(19-11-8-12-21-3)20-13-14(2)15-9-6-7-10-16(15)22-4/h6-7,9-10,14H,5,8,11-13H2,1-4H3,(H2,18,19,20). The molecule has 22 heavy (non-hydrogen) atoms. The third kappa shape index (κ3) is 6.35. The summed E-state index contributed by atoms with van der Waals surface area (Å²) in [5.74, 6) is 2.06. The van der Waals surface area contributed by atoms with E-state index >= 15 is 0 Å². The Morgan fingerprint density at radius 3 is 2.68 bits per heavy atom. The molecular weight excluding hydrogens is 278 g/mol. The van der Waals surface area contributed by atoms with Gasteiger partial charge >= 0.3 is 0 Å². The van der Waals surface area contributed by atoms with Crippen molar-refractivity contribution in [3.63, 3.8) is 0 Å². The van der Waals surface area contributed by atoms with E-state index in [1.165, 1.54) is 5.56 Å². The van der Waals surface area contributed by atoms with Crippen LogP contribution in [0.25, 0.3) is 0 Å². The van der Waals surface area contributed by atoms with Crippen molar-refractivity contribution in [1.82, 2.24) is 10.6 Å². The summed E-state index contributed by atoms with van der Waals surface area (Å²) in [6.07, 6.45) is 0.961. The molecule has 1 rings (SSSR count). The molecule has 0 spiro atoms. The number of ether oxygens (including phenoxy) is 2. The molecule has 1 unspecified atom stereocenters. The highest BCUT2D eigenvalue weighted by Gasteiger charge is 2.10. The first-order chi connectivity index (χ1) is 10.7. The van der Waals surface area contributed by atoms with E-state index in [0.717, 1.165) is 37.8 Å². The molecule has 124 valence electrons. The van der Waals surface area contributed by atoms with Gasteiger partial charge in [-0.05, 0) is 25.0 Å². The van der Waals surface area contributed by atoms with E-state index in [2.05, 4.69) is 35.5 Å². The zero-order valence-corrected chi connectivity index (χ0v) is 14.2. The lowest BCUT2D eigenvalue weighted by molar-refractivity contribution is 0.195. The van der Waals surface area contributed by atoms with Gasteiger partial charge < -0.3 is 20.1 Å². The van der Waals surface area contributed by atoms with Crippen molar-refractivity contribution >= 4 is 5.96 Å². The number of aliphatic imine (C=N–C) groups is 1. The van der Waals surface area contributed by atoms with E-state index in [1.807, 2.05) is 18.2 Å². The lowest BCUT2D eigenvalue weighted by Crippen LogP contribution is -2.38. The second kappa shape index (κ2) is 10.9. The number of benzene rings is 1. The Hall–Kier alpha value is -1.75. The van der Waals surface area contributed by atoms with Crippen LogP contribution in [0.15, 0.2) is 29.3 Å². The largest absolute Gasteiger partial charge is 0.496 e. The second-order valence-corrected chi connectivity index (χ2v) is 5.14. The van der Waals surface area contributed by atoms with Crippen LogP contribution in [-0.2, 0) is 4.74 Å². The third-order valence-electron chi connectivity index (χ3n) is 3.36. The molecule has 1 aromatic carbocycles. The molecule has 5 nitrogen and oxygen atoms in total. The van der Waals surface area contributed by atoms with Crippen molar-refractivity contribution in [2.45, 2.75) is 26.2 Å². The molecule has 0 saturated heterocycles. The number of rotatable bonds is 9. The summed E-state index contributed by atoms with van der Waals surface area (Å²) in [7, 11) is 3.42. The van der Waals surface area contributed by atoms with Gasteiger partial charge in [-0.2, -0.15) is 0 Å². The van der Waals surface area contributed by atoms with Crippen molar-refractivity contribution in [1.29, 1.82) is 0 Å². The molecule has 1 aromatic rings. The molecule has 5 heteroatoms. The molecule has 0 aliphatic carbocycles. The Morgan fingerprint density at radius 1 is 1.23 bits per heavy atom. The molecule has 0 radical (unpaired) electrons. The Balaban J connectivity index is 2.60. The first-order valence-electron chi connectivity index (χ1n) is 7.86. The van der Waals surface area contributed by atoms with Crippen molar-refractivity contribution in [3.05, 3.63) is 29.8 Å². The quantitative estimate of drug-likeness (QED) is 0.418. The van der Waals surface area contributed by atoms with Gasteiger partial charge in [0.15, 0.2) is 5.96 Å². The zero-order chi connectivity index (χ0) is 16.2.